The average Bonchev–Trinajstić information content (AvgIpc) is 3.06. The Morgan fingerprint density at radius 2 is 1.18 bits per heavy atom. The van der Waals surface area contributed by atoms with Crippen LogP contribution in [0.15, 0.2) is 109 Å². The maximum atomic E-state index is 13.9. The van der Waals surface area contributed by atoms with Gasteiger partial charge in [-0.1, -0.05) is 97.8 Å². The molecule has 1 heterocycles. The molecule has 0 spiro atoms. The van der Waals surface area contributed by atoms with Gasteiger partial charge in [-0.2, -0.15) is 0 Å². The number of benzene rings is 4. The van der Waals surface area contributed by atoms with E-state index in [-0.39, 0.29) is 11.8 Å². The van der Waals surface area contributed by atoms with Gasteiger partial charge in [-0.3, -0.25) is 9.59 Å². The molecule has 7 nitrogen and oxygen atoms in total. The van der Waals surface area contributed by atoms with E-state index in [1.807, 2.05) is 109 Å². The molecule has 4 aromatic rings. The lowest BCUT2D eigenvalue weighted by Gasteiger charge is -2.39. The van der Waals surface area contributed by atoms with Crippen LogP contribution < -0.4 is 20.5 Å². The van der Waals surface area contributed by atoms with Gasteiger partial charge in [0.1, 0.15) is 36.8 Å². The summed E-state index contributed by atoms with van der Waals surface area (Å²) in [6.45, 7) is 1.95. The van der Waals surface area contributed by atoms with Crippen LogP contribution in [0.3, 0.4) is 0 Å². The van der Waals surface area contributed by atoms with Gasteiger partial charge in [0.05, 0.1) is 0 Å². The zero-order valence-corrected chi connectivity index (χ0v) is 25.1. The second-order valence-electron chi connectivity index (χ2n) is 11.2. The third-order valence-corrected chi connectivity index (χ3v) is 7.89. The Balaban J connectivity index is 1.23. The molecule has 2 atom stereocenters. The van der Waals surface area contributed by atoms with Crippen LogP contribution in [0.2, 0.25) is 0 Å². The van der Waals surface area contributed by atoms with Crippen LogP contribution in [0.4, 0.5) is 0 Å². The van der Waals surface area contributed by atoms with Crippen molar-refractivity contribution in [2.45, 2.75) is 63.9 Å². The number of rotatable bonds is 15. The second kappa shape index (κ2) is 15.7. The first kappa shape index (κ1) is 30.8. The molecule has 1 fully saturated rings. The Kier molecular flexibility index (Phi) is 11.0. The van der Waals surface area contributed by atoms with Gasteiger partial charge in [0.2, 0.25) is 11.8 Å². The van der Waals surface area contributed by atoms with Crippen molar-refractivity contribution in [3.05, 3.63) is 131 Å². The van der Waals surface area contributed by atoms with Gasteiger partial charge in [-0.15, -0.1) is 0 Å². The van der Waals surface area contributed by atoms with E-state index in [2.05, 4.69) is 5.32 Å². The minimum atomic E-state index is -0.632. The molecule has 5 rings (SSSR count). The van der Waals surface area contributed by atoms with Crippen molar-refractivity contribution in [2.75, 3.05) is 6.54 Å². The van der Waals surface area contributed by atoms with Gasteiger partial charge < -0.3 is 25.4 Å². The summed E-state index contributed by atoms with van der Waals surface area (Å²) < 4.78 is 11.9. The lowest BCUT2D eigenvalue weighted by molar-refractivity contribution is -0.150. The molecule has 0 saturated carbocycles. The van der Waals surface area contributed by atoms with Gasteiger partial charge in [-0.05, 0) is 65.9 Å². The van der Waals surface area contributed by atoms with Crippen molar-refractivity contribution in [1.29, 1.82) is 0 Å². The Labute approximate surface area is 260 Å². The number of nitrogens with one attached hydrogen (secondary N) is 1. The smallest absolute Gasteiger partial charge is 0.246 e. The van der Waals surface area contributed by atoms with Crippen molar-refractivity contribution >= 4 is 11.8 Å². The van der Waals surface area contributed by atoms with Crippen LogP contribution in [0.25, 0.3) is 0 Å². The minimum Gasteiger partial charge on any atom is -0.489 e. The minimum absolute atomic E-state index is 0.0674. The average molecular weight is 592 g/mol. The number of hydrogen-bond acceptors (Lipinski definition) is 5. The number of unbranched alkanes of at least 4 members (excludes halogenated alkanes) is 2. The summed E-state index contributed by atoms with van der Waals surface area (Å²) in [7, 11) is 0. The topological polar surface area (TPSA) is 93.9 Å². The summed E-state index contributed by atoms with van der Waals surface area (Å²) in [6, 6.07) is 34.4. The lowest BCUT2D eigenvalue weighted by atomic mass is 9.96. The van der Waals surface area contributed by atoms with E-state index >= 15 is 0 Å². The van der Waals surface area contributed by atoms with Crippen molar-refractivity contribution in [2.24, 2.45) is 5.73 Å². The van der Waals surface area contributed by atoms with Crippen LogP contribution in [0, 0.1) is 0 Å². The molecule has 0 aromatic heterocycles. The molecule has 228 valence electrons. The number of amides is 2. The largest absolute Gasteiger partial charge is 0.489 e. The molecule has 4 aromatic carbocycles. The number of carbonyl (C=O) groups excluding carboxylic acids is 2. The highest BCUT2D eigenvalue weighted by atomic mass is 16.5. The Hall–Kier alpha value is -4.62. The van der Waals surface area contributed by atoms with Crippen LogP contribution in [0.5, 0.6) is 11.5 Å². The molecule has 2 amide bonds. The summed E-state index contributed by atoms with van der Waals surface area (Å²) in [6.07, 6.45) is 3.68. The molecular formula is C37H41N3O4. The van der Waals surface area contributed by atoms with Crippen LogP contribution in [-0.2, 0) is 35.8 Å². The van der Waals surface area contributed by atoms with Crippen LogP contribution in [-0.4, -0.2) is 35.3 Å². The van der Waals surface area contributed by atoms with E-state index in [9.17, 15) is 9.59 Å². The molecule has 1 aliphatic heterocycles. The van der Waals surface area contributed by atoms with Crippen molar-refractivity contribution in [3.63, 3.8) is 0 Å². The third kappa shape index (κ3) is 8.71. The standard InChI is InChI=1S/C37H41N3O4/c38-23-9-3-8-14-35-36(41)39-34(24-28-15-19-32(20-16-28)43-26-30-10-4-1-5-11-30)37(42)40(35)25-29-17-21-33(22-18-29)44-27-31-12-6-2-7-13-31/h1-2,4-7,10-13,15-22,34-35H,3,8-9,14,23-27,38H2,(H,39,41). The number of piperazine rings is 1. The Morgan fingerprint density at radius 1 is 0.636 bits per heavy atom. The highest BCUT2D eigenvalue weighted by Crippen LogP contribution is 2.24. The first-order chi connectivity index (χ1) is 21.6. The maximum Gasteiger partial charge on any atom is 0.246 e. The molecular weight excluding hydrogens is 550 g/mol. The number of ether oxygens (including phenoxy) is 2. The summed E-state index contributed by atoms with van der Waals surface area (Å²) in [5, 5.41) is 3.02. The zero-order chi connectivity index (χ0) is 30.6. The first-order valence-electron chi connectivity index (χ1n) is 15.4. The normalized spacial score (nSPS) is 16.4. The molecule has 2 unspecified atom stereocenters. The quantitative estimate of drug-likeness (QED) is 0.170. The predicted molar refractivity (Wildman–Crippen MR) is 172 cm³/mol. The summed E-state index contributed by atoms with van der Waals surface area (Å²) in [5.74, 6) is 1.34. The Morgan fingerprint density at radius 3 is 1.73 bits per heavy atom. The Bertz CT molecular complexity index is 1460. The molecule has 1 saturated heterocycles. The molecule has 7 heteroatoms. The summed E-state index contributed by atoms with van der Waals surface area (Å²) in [5.41, 5.74) is 9.77. The van der Waals surface area contributed by atoms with Crippen molar-refractivity contribution < 1.29 is 19.1 Å². The molecule has 0 aliphatic carbocycles. The number of nitrogens with two attached hydrogens (primary N) is 1. The monoisotopic (exact) mass is 591 g/mol. The number of nitrogens with zero attached hydrogens (tertiary/aromatic N) is 1. The molecule has 3 N–H and O–H groups in total. The zero-order valence-electron chi connectivity index (χ0n) is 25.1. The van der Waals surface area contributed by atoms with Crippen molar-refractivity contribution in [3.8, 4) is 11.5 Å². The van der Waals surface area contributed by atoms with Gasteiger partial charge in [-0.25, -0.2) is 0 Å². The molecule has 0 bridgehead atoms. The summed E-state index contributed by atoms with van der Waals surface area (Å²) >= 11 is 0. The van der Waals surface area contributed by atoms with Crippen molar-refractivity contribution in [1.82, 2.24) is 10.2 Å². The highest BCUT2D eigenvalue weighted by Gasteiger charge is 2.40. The highest BCUT2D eigenvalue weighted by molar-refractivity contribution is 5.97. The number of carbonyl (C=O) groups is 2. The lowest BCUT2D eigenvalue weighted by Crippen LogP contribution is -2.63. The predicted octanol–water partition coefficient (Wildman–Crippen LogP) is 5.80. The first-order valence-corrected chi connectivity index (χ1v) is 15.4. The molecule has 44 heavy (non-hydrogen) atoms. The fourth-order valence-corrected chi connectivity index (χ4v) is 5.42. The maximum absolute atomic E-state index is 13.9. The van der Waals surface area contributed by atoms with Gasteiger partial charge in [0.15, 0.2) is 0 Å². The fraction of sp³-hybridized carbons (Fsp3) is 0.297. The van der Waals surface area contributed by atoms with Gasteiger partial charge in [0.25, 0.3) is 0 Å². The van der Waals surface area contributed by atoms with Gasteiger partial charge >= 0.3 is 0 Å². The molecule has 1 aliphatic rings. The van der Waals surface area contributed by atoms with Gasteiger partial charge in [0, 0.05) is 13.0 Å². The van der Waals surface area contributed by atoms with E-state index in [1.165, 1.54) is 0 Å². The van der Waals surface area contributed by atoms with E-state index in [0.29, 0.717) is 39.1 Å². The van der Waals surface area contributed by atoms with E-state index in [4.69, 9.17) is 15.2 Å². The molecule has 0 radical (unpaired) electrons. The van der Waals surface area contributed by atoms with E-state index in [0.717, 1.165) is 53.0 Å². The van der Waals surface area contributed by atoms with Crippen LogP contribution >= 0.6 is 0 Å². The fourth-order valence-electron chi connectivity index (χ4n) is 5.42. The number of hydrogen-bond donors (Lipinski definition) is 2. The summed E-state index contributed by atoms with van der Waals surface area (Å²) in [4.78, 5) is 29.0. The van der Waals surface area contributed by atoms with E-state index in [1.54, 1.807) is 4.90 Å². The van der Waals surface area contributed by atoms with E-state index < -0.39 is 12.1 Å². The second-order valence-corrected chi connectivity index (χ2v) is 11.2. The third-order valence-electron chi connectivity index (χ3n) is 7.89. The van der Waals surface area contributed by atoms with Crippen LogP contribution in [0.1, 0.15) is 47.9 Å². The SMILES string of the molecule is NCCCCCC1C(=O)NC(Cc2ccc(OCc3ccccc3)cc2)C(=O)N1Cc1ccc(OCc2ccccc2)cc1.